The molecule has 3 N–H and O–H groups in total. The molecule has 0 aliphatic rings. The molecule has 0 aromatic heterocycles. The number of carbonyl (C=O) groups is 1. The first-order valence-electron chi connectivity index (χ1n) is 8.26. The molecular weight excluding hydrogens is 321 g/mol. The zero-order valence-electron chi connectivity index (χ0n) is 14.7. The minimum atomic E-state index is -0.717. The summed E-state index contributed by atoms with van der Waals surface area (Å²) in [4.78, 5) is 12.3. The van der Waals surface area contributed by atoms with Gasteiger partial charge in [-0.2, -0.15) is 0 Å². The normalized spacial score (nSPS) is 12.7. The molecule has 1 atom stereocenters. The lowest BCUT2D eigenvalue weighted by Crippen LogP contribution is -2.26. The highest BCUT2D eigenvalue weighted by Gasteiger charge is 2.14. The van der Waals surface area contributed by atoms with Crippen LogP contribution in [0.5, 0.6) is 5.75 Å². The van der Waals surface area contributed by atoms with Gasteiger partial charge >= 0.3 is 0 Å². The van der Waals surface area contributed by atoms with E-state index in [1.165, 1.54) is 12.1 Å². The zero-order chi connectivity index (χ0) is 18.6. The van der Waals surface area contributed by atoms with Crippen LogP contribution in [0.15, 0.2) is 42.5 Å². The standard InChI is InChI=1S/C20H24FNO3/c1-13(16-8-9-18(23)17(21)12-16)22-19(24)15-6-4-14(5-7-15)10-11-20(2,3)25/h4-9,12-13,23,25H,10-11H2,1-3H3,(H,22,24)/t13-/m1/s1. The van der Waals surface area contributed by atoms with Crippen molar-refractivity contribution in [3.8, 4) is 5.75 Å². The molecule has 0 aliphatic carbocycles. The lowest BCUT2D eigenvalue weighted by molar-refractivity contribution is 0.0713. The van der Waals surface area contributed by atoms with Crippen LogP contribution in [0.25, 0.3) is 0 Å². The van der Waals surface area contributed by atoms with E-state index < -0.39 is 23.2 Å². The molecule has 0 saturated heterocycles. The summed E-state index contributed by atoms with van der Waals surface area (Å²) in [5.74, 6) is -1.38. The molecule has 0 aliphatic heterocycles. The Labute approximate surface area is 147 Å². The van der Waals surface area contributed by atoms with Gasteiger partial charge in [0.1, 0.15) is 0 Å². The third-order valence-corrected chi connectivity index (χ3v) is 4.06. The van der Waals surface area contributed by atoms with E-state index in [-0.39, 0.29) is 5.91 Å². The number of aliphatic hydroxyl groups is 1. The van der Waals surface area contributed by atoms with Gasteiger partial charge in [0, 0.05) is 5.56 Å². The van der Waals surface area contributed by atoms with E-state index in [4.69, 9.17) is 0 Å². The summed E-state index contributed by atoms with van der Waals surface area (Å²) >= 11 is 0. The third-order valence-electron chi connectivity index (χ3n) is 4.06. The van der Waals surface area contributed by atoms with Crippen LogP contribution in [0.2, 0.25) is 0 Å². The molecule has 2 rings (SSSR count). The molecule has 0 bridgehead atoms. The molecule has 2 aromatic rings. The second kappa shape index (κ2) is 7.66. The van der Waals surface area contributed by atoms with Crippen molar-refractivity contribution < 1.29 is 19.4 Å². The number of hydrogen-bond acceptors (Lipinski definition) is 3. The summed E-state index contributed by atoms with van der Waals surface area (Å²) in [5.41, 5.74) is 1.42. The van der Waals surface area contributed by atoms with Gasteiger partial charge in [0.2, 0.25) is 0 Å². The topological polar surface area (TPSA) is 69.6 Å². The molecule has 0 unspecified atom stereocenters. The number of phenolic OH excluding ortho intramolecular Hbond substituents is 1. The minimum Gasteiger partial charge on any atom is -0.505 e. The van der Waals surface area contributed by atoms with Crippen molar-refractivity contribution in [3.63, 3.8) is 0 Å². The van der Waals surface area contributed by atoms with Crippen molar-refractivity contribution in [3.05, 3.63) is 65.0 Å². The quantitative estimate of drug-likeness (QED) is 0.747. The Hall–Kier alpha value is -2.40. The fraction of sp³-hybridized carbons (Fsp3) is 0.350. The fourth-order valence-electron chi connectivity index (χ4n) is 2.43. The first-order valence-corrected chi connectivity index (χ1v) is 8.26. The second-order valence-corrected chi connectivity index (χ2v) is 6.92. The maximum atomic E-state index is 13.4. The summed E-state index contributed by atoms with van der Waals surface area (Å²) in [6, 6.07) is 10.9. The largest absolute Gasteiger partial charge is 0.505 e. The van der Waals surface area contributed by atoms with Crippen LogP contribution < -0.4 is 5.32 Å². The first kappa shape index (κ1) is 18.9. The highest BCUT2D eigenvalue weighted by atomic mass is 19.1. The van der Waals surface area contributed by atoms with Gasteiger partial charge in [-0.3, -0.25) is 4.79 Å². The molecule has 0 spiro atoms. The Bertz CT molecular complexity index is 736. The van der Waals surface area contributed by atoms with Crippen molar-refractivity contribution >= 4 is 5.91 Å². The molecule has 1 amide bonds. The van der Waals surface area contributed by atoms with Gasteiger partial charge in [-0.1, -0.05) is 18.2 Å². The van der Waals surface area contributed by atoms with Crippen LogP contribution in [0.4, 0.5) is 4.39 Å². The van der Waals surface area contributed by atoms with Crippen LogP contribution in [0.3, 0.4) is 0 Å². The Morgan fingerprint density at radius 1 is 1.20 bits per heavy atom. The van der Waals surface area contributed by atoms with Gasteiger partial charge in [0.25, 0.3) is 5.91 Å². The van der Waals surface area contributed by atoms with Crippen molar-refractivity contribution in [1.82, 2.24) is 5.32 Å². The molecule has 0 saturated carbocycles. The molecule has 0 heterocycles. The summed E-state index contributed by atoms with van der Waals surface area (Å²) in [5, 5.41) is 21.8. The number of phenols is 1. The summed E-state index contributed by atoms with van der Waals surface area (Å²) in [6.45, 7) is 5.28. The number of rotatable bonds is 6. The summed E-state index contributed by atoms with van der Waals surface area (Å²) < 4.78 is 13.4. The average molecular weight is 345 g/mol. The van der Waals surface area contributed by atoms with Crippen molar-refractivity contribution in [2.45, 2.75) is 45.3 Å². The van der Waals surface area contributed by atoms with Gasteiger partial charge in [-0.15, -0.1) is 0 Å². The maximum absolute atomic E-state index is 13.4. The van der Waals surface area contributed by atoms with E-state index in [0.29, 0.717) is 17.5 Å². The van der Waals surface area contributed by atoms with E-state index in [1.807, 2.05) is 12.1 Å². The lowest BCUT2D eigenvalue weighted by atomic mass is 9.98. The predicted molar refractivity (Wildman–Crippen MR) is 95.0 cm³/mol. The van der Waals surface area contributed by atoms with E-state index >= 15 is 0 Å². The SMILES string of the molecule is C[C@@H](NC(=O)c1ccc(CCC(C)(C)O)cc1)c1ccc(O)c(F)c1. The zero-order valence-corrected chi connectivity index (χ0v) is 14.7. The van der Waals surface area contributed by atoms with Crippen LogP contribution >= 0.6 is 0 Å². The number of aromatic hydroxyl groups is 1. The third kappa shape index (κ3) is 5.57. The van der Waals surface area contributed by atoms with Gasteiger partial charge < -0.3 is 15.5 Å². The highest BCUT2D eigenvalue weighted by Crippen LogP contribution is 2.21. The van der Waals surface area contributed by atoms with E-state index in [9.17, 15) is 19.4 Å². The Morgan fingerprint density at radius 3 is 2.40 bits per heavy atom. The number of carbonyl (C=O) groups excluding carboxylic acids is 1. The Kier molecular flexibility index (Phi) is 5.80. The Balaban J connectivity index is 1.99. The number of aryl methyl sites for hydroxylation is 1. The van der Waals surface area contributed by atoms with Crippen molar-refractivity contribution in [1.29, 1.82) is 0 Å². The highest BCUT2D eigenvalue weighted by molar-refractivity contribution is 5.94. The minimum absolute atomic E-state index is 0.255. The number of halogens is 1. The molecular formula is C20H24FNO3. The lowest BCUT2D eigenvalue weighted by Gasteiger charge is -2.17. The van der Waals surface area contributed by atoms with Crippen LogP contribution in [-0.2, 0) is 6.42 Å². The van der Waals surface area contributed by atoms with Crippen molar-refractivity contribution in [2.24, 2.45) is 0 Å². The van der Waals surface area contributed by atoms with Gasteiger partial charge in [-0.05, 0) is 69.0 Å². The smallest absolute Gasteiger partial charge is 0.251 e. The molecule has 4 nitrogen and oxygen atoms in total. The molecule has 0 radical (unpaired) electrons. The van der Waals surface area contributed by atoms with E-state index in [2.05, 4.69) is 5.32 Å². The van der Waals surface area contributed by atoms with Crippen molar-refractivity contribution in [2.75, 3.05) is 0 Å². The average Bonchev–Trinajstić information content (AvgIpc) is 2.55. The van der Waals surface area contributed by atoms with Crippen LogP contribution in [-0.4, -0.2) is 21.7 Å². The molecule has 0 fully saturated rings. The van der Waals surface area contributed by atoms with E-state index in [1.54, 1.807) is 39.0 Å². The van der Waals surface area contributed by atoms with Crippen LogP contribution in [0, 0.1) is 5.82 Å². The summed E-state index contributed by atoms with van der Waals surface area (Å²) in [6.07, 6.45) is 1.37. The predicted octanol–water partition coefficient (Wildman–Crippen LogP) is 3.73. The van der Waals surface area contributed by atoms with E-state index in [0.717, 1.165) is 12.0 Å². The monoisotopic (exact) mass is 345 g/mol. The second-order valence-electron chi connectivity index (χ2n) is 6.92. The summed E-state index contributed by atoms with van der Waals surface area (Å²) in [7, 11) is 0. The maximum Gasteiger partial charge on any atom is 0.251 e. The number of nitrogens with one attached hydrogen (secondary N) is 1. The van der Waals surface area contributed by atoms with Gasteiger partial charge in [0.15, 0.2) is 11.6 Å². The number of amides is 1. The molecule has 5 heteroatoms. The molecule has 25 heavy (non-hydrogen) atoms. The van der Waals surface area contributed by atoms with Gasteiger partial charge in [0.05, 0.1) is 11.6 Å². The number of benzene rings is 2. The number of hydrogen-bond donors (Lipinski definition) is 3. The van der Waals surface area contributed by atoms with Gasteiger partial charge in [-0.25, -0.2) is 4.39 Å². The molecule has 2 aromatic carbocycles. The fourth-order valence-corrected chi connectivity index (χ4v) is 2.43. The molecule has 134 valence electrons. The van der Waals surface area contributed by atoms with Crippen LogP contribution in [0.1, 0.15) is 54.7 Å². The first-order chi connectivity index (χ1) is 11.7. The Morgan fingerprint density at radius 2 is 1.84 bits per heavy atom.